The van der Waals surface area contributed by atoms with Crippen LogP contribution in [-0.2, 0) is 12.4 Å². The molecule has 8 heteroatoms. The fraction of sp³-hybridized carbons (Fsp3) is 0.462. The minimum Gasteiger partial charge on any atom is -0.296 e. The van der Waals surface area contributed by atoms with Crippen LogP contribution in [0.1, 0.15) is 36.6 Å². The molecule has 2 nitrogen and oxygen atoms in total. The third-order valence-corrected chi connectivity index (χ3v) is 2.57. The highest BCUT2D eigenvalue weighted by molar-refractivity contribution is 5.37. The molecule has 0 heterocycles. The number of nitriles is 1. The van der Waals surface area contributed by atoms with Gasteiger partial charge in [0.05, 0.1) is 17.2 Å². The highest BCUT2D eigenvalue weighted by atomic mass is 19.4. The van der Waals surface area contributed by atoms with Crippen molar-refractivity contribution in [2.45, 2.75) is 38.3 Å². The molecule has 0 saturated carbocycles. The second kappa shape index (κ2) is 5.93. The summed E-state index contributed by atoms with van der Waals surface area (Å²) in [5, 5.41) is 11.5. The van der Waals surface area contributed by atoms with Gasteiger partial charge in [0.15, 0.2) is 0 Å². The van der Waals surface area contributed by atoms with Crippen LogP contribution in [0.4, 0.5) is 26.3 Å². The topological polar surface area (TPSA) is 35.8 Å². The Morgan fingerprint density at radius 2 is 1.38 bits per heavy atom. The van der Waals surface area contributed by atoms with Gasteiger partial charge in [0.2, 0.25) is 0 Å². The maximum Gasteiger partial charge on any atom is 0.416 e. The van der Waals surface area contributed by atoms with Crippen molar-refractivity contribution in [1.29, 1.82) is 5.26 Å². The molecule has 0 spiro atoms. The number of alkyl halides is 6. The predicted octanol–water partition coefficient (Wildman–Crippen LogP) is 4.29. The number of nitrogens with one attached hydrogen (secondary N) is 1. The average molecular weight is 310 g/mol. The second-order valence-corrected chi connectivity index (χ2v) is 4.72. The molecule has 1 unspecified atom stereocenters. The van der Waals surface area contributed by atoms with E-state index in [0.717, 1.165) is 0 Å². The molecule has 0 aliphatic carbocycles. The highest BCUT2D eigenvalue weighted by Gasteiger charge is 2.37. The molecule has 0 aliphatic heterocycles. The Hall–Kier alpha value is -1.75. The zero-order valence-electron chi connectivity index (χ0n) is 11.1. The summed E-state index contributed by atoms with van der Waals surface area (Å²) in [6, 6.07) is 1.27. The average Bonchev–Trinajstić information content (AvgIpc) is 2.33. The Morgan fingerprint density at radius 1 is 0.952 bits per heavy atom. The number of hydrogen-bond acceptors (Lipinski definition) is 2. The van der Waals surface area contributed by atoms with E-state index in [1.165, 1.54) is 0 Å². The van der Waals surface area contributed by atoms with Crippen molar-refractivity contribution >= 4 is 0 Å². The number of halogens is 6. The summed E-state index contributed by atoms with van der Waals surface area (Å²) in [6.07, 6.45) is -9.85. The van der Waals surface area contributed by atoms with E-state index in [-0.39, 0.29) is 17.7 Å². The third-order valence-electron chi connectivity index (χ3n) is 2.57. The summed E-state index contributed by atoms with van der Waals surface area (Å²) < 4.78 is 76.2. The largest absolute Gasteiger partial charge is 0.416 e. The highest BCUT2D eigenvalue weighted by Crippen LogP contribution is 2.37. The smallest absolute Gasteiger partial charge is 0.296 e. The number of hydrogen-bond donors (Lipinski definition) is 1. The van der Waals surface area contributed by atoms with E-state index in [1.807, 2.05) is 0 Å². The molecule has 1 N–H and O–H groups in total. The SMILES string of the molecule is CC(C)NC(C#N)c1cc(C(F)(F)F)cc(C(F)(F)F)c1. The Morgan fingerprint density at radius 3 is 1.67 bits per heavy atom. The Balaban J connectivity index is 3.41. The zero-order valence-corrected chi connectivity index (χ0v) is 11.1. The molecule has 0 radical (unpaired) electrons. The molecule has 0 fully saturated rings. The van der Waals surface area contributed by atoms with Gasteiger partial charge in [0.25, 0.3) is 0 Å². The molecular weight excluding hydrogens is 298 g/mol. The van der Waals surface area contributed by atoms with Crippen molar-refractivity contribution in [3.8, 4) is 6.07 Å². The summed E-state index contributed by atoms with van der Waals surface area (Å²) in [4.78, 5) is 0. The lowest BCUT2D eigenvalue weighted by Gasteiger charge is -2.19. The van der Waals surface area contributed by atoms with Crippen LogP contribution in [0, 0.1) is 11.3 Å². The van der Waals surface area contributed by atoms with Crippen LogP contribution >= 0.6 is 0 Å². The van der Waals surface area contributed by atoms with Crippen LogP contribution in [0.3, 0.4) is 0 Å². The van der Waals surface area contributed by atoms with Crippen LogP contribution in [0.15, 0.2) is 18.2 Å². The van der Waals surface area contributed by atoms with E-state index in [4.69, 9.17) is 5.26 Å². The van der Waals surface area contributed by atoms with Crippen molar-refractivity contribution in [1.82, 2.24) is 5.32 Å². The molecule has 0 aromatic heterocycles. The van der Waals surface area contributed by atoms with E-state index in [9.17, 15) is 26.3 Å². The molecule has 1 atom stereocenters. The van der Waals surface area contributed by atoms with Crippen molar-refractivity contribution in [2.24, 2.45) is 0 Å². The minimum absolute atomic E-state index is 0.0350. The monoisotopic (exact) mass is 310 g/mol. The van der Waals surface area contributed by atoms with Crippen molar-refractivity contribution in [2.75, 3.05) is 0 Å². The van der Waals surface area contributed by atoms with Gasteiger partial charge in [0, 0.05) is 6.04 Å². The van der Waals surface area contributed by atoms with Gasteiger partial charge in [-0.15, -0.1) is 0 Å². The first-order chi connectivity index (χ1) is 9.45. The van der Waals surface area contributed by atoms with Crippen LogP contribution < -0.4 is 5.32 Å². The Labute approximate surface area is 117 Å². The van der Waals surface area contributed by atoms with E-state index in [0.29, 0.717) is 12.1 Å². The normalized spacial score (nSPS) is 14.1. The summed E-state index contributed by atoms with van der Waals surface area (Å²) >= 11 is 0. The first-order valence-corrected chi connectivity index (χ1v) is 5.90. The van der Waals surface area contributed by atoms with E-state index < -0.39 is 29.5 Å². The van der Waals surface area contributed by atoms with Crippen molar-refractivity contribution in [3.63, 3.8) is 0 Å². The molecule has 116 valence electrons. The predicted molar refractivity (Wildman–Crippen MR) is 63.1 cm³/mol. The third kappa shape index (κ3) is 4.63. The standard InChI is InChI=1S/C13H12F6N2/c1-7(2)21-11(6-20)8-3-9(12(14,15)16)5-10(4-8)13(17,18)19/h3-5,7,11,21H,1-2H3. The number of benzene rings is 1. The van der Waals surface area contributed by atoms with Crippen molar-refractivity contribution < 1.29 is 26.3 Å². The van der Waals surface area contributed by atoms with Gasteiger partial charge in [0.1, 0.15) is 6.04 Å². The molecular formula is C13H12F6N2. The first kappa shape index (κ1) is 17.3. The molecule has 0 aliphatic rings. The van der Waals surface area contributed by atoms with Gasteiger partial charge in [-0.3, -0.25) is 5.32 Å². The van der Waals surface area contributed by atoms with Crippen LogP contribution in [0.5, 0.6) is 0 Å². The van der Waals surface area contributed by atoms with Gasteiger partial charge in [-0.2, -0.15) is 31.6 Å². The molecule has 0 saturated heterocycles. The lowest BCUT2D eigenvalue weighted by atomic mass is 9.99. The van der Waals surface area contributed by atoms with Crippen LogP contribution in [-0.4, -0.2) is 6.04 Å². The minimum atomic E-state index is -4.92. The van der Waals surface area contributed by atoms with Gasteiger partial charge >= 0.3 is 12.4 Å². The lowest BCUT2D eigenvalue weighted by Crippen LogP contribution is -2.27. The summed E-state index contributed by atoms with van der Waals surface area (Å²) in [6.45, 7) is 3.26. The summed E-state index contributed by atoms with van der Waals surface area (Å²) in [7, 11) is 0. The fourth-order valence-corrected chi connectivity index (χ4v) is 1.69. The Bertz CT molecular complexity index is 507. The fourth-order valence-electron chi connectivity index (χ4n) is 1.69. The number of nitrogens with zero attached hydrogens (tertiary/aromatic N) is 1. The first-order valence-electron chi connectivity index (χ1n) is 5.90. The van der Waals surface area contributed by atoms with E-state index >= 15 is 0 Å². The Kier molecular flexibility index (Phi) is 4.89. The summed E-state index contributed by atoms with van der Waals surface area (Å²) in [5.41, 5.74) is -3.23. The second-order valence-electron chi connectivity index (χ2n) is 4.72. The molecule has 1 aromatic rings. The van der Waals surface area contributed by atoms with Gasteiger partial charge in [-0.25, -0.2) is 0 Å². The molecule has 1 aromatic carbocycles. The molecule has 21 heavy (non-hydrogen) atoms. The zero-order chi connectivity index (χ0) is 16.4. The van der Waals surface area contributed by atoms with Crippen LogP contribution in [0.2, 0.25) is 0 Å². The van der Waals surface area contributed by atoms with Gasteiger partial charge in [-0.1, -0.05) is 0 Å². The number of rotatable bonds is 3. The summed E-state index contributed by atoms with van der Waals surface area (Å²) in [5.74, 6) is 0. The van der Waals surface area contributed by atoms with Gasteiger partial charge < -0.3 is 0 Å². The molecule has 1 rings (SSSR count). The maximum atomic E-state index is 12.7. The van der Waals surface area contributed by atoms with Crippen molar-refractivity contribution in [3.05, 3.63) is 34.9 Å². The van der Waals surface area contributed by atoms with Crippen LogP contribution in [0.25, 0.3) is 0 Å². The van der Waals surface area contributed by atoms with Gasteiger partial charge in [-0.05, 0) is 37.6 Å². The lowest BCUT2D eigenvalue weighted by molar-refractivity contribution is -0.143. The van der Waals surface area contributed by atoms with E-state index in [1.54, 1.807) is 19.9 Å². The van der Waals surface area contributed by atoms with E-state index in [2.05, 4.69) is 5.32 Å². The maximum absolute atomic E-state index is 12.7. The molecule has 0 bridgehead atoms. The quantitative estimate of drug-likeness (QED) is 0.846. The molecule has 0 amide bonds.